The third kappa shape index (κ3) is 10.2. The minimum atomic E-state index is 1.24. The molecule has 0 aliphatic carbocycles. The molecule has 0 atom stereocenters. The second-order valence-corrected chi connectivity index (χ2v) is 4.70. The molecule has 0 bridgehead atoms. The zero-order valence-corrected chi connectivity index (χ0v) is 12.5. The normalized spacial score (nSPS) is 9.22. The molecular formula is C15H25N2S+. The number of thiocyanates is 1. The molecule has 1 aromatic heterocycles. The van der Waals surface area contributed by atoms with Gasteiger partial charge in [-0.2, -0.15) is 5.26 Å². The molecule has 3 heteroatoms. The number of hydrogen-bond acceptors (Lipinski definition) is 2. The van der Waals surface area contributed by atoms with E-state index in [0.29, 0.717) is 0 Å². The summed E-state index contributed by atoms with van der Waals surface area (Å²) in [5, 5.41) is 8.63. The highest BCUT2D eigenvalue weighted by Gasteiger charge is 1.97. The summed E-state index contributed by atoms with van der Waals surface area (Å²) < 4.78 is 2.13. The Hall–Kier alpha value is -1.01. The number of nitrogens with zero attached hydrogens (tertiary/aromatic N) is 2. The fraction of sp³-hybridized carbons (Fsp3) is 0.600. The van der Waals surface area contributed by atoms with E-state index in [-0.39, 0.29) is 0 Å². The van der Waals surface area contributed by atoms with Crippen molar-refractivity contribution in [3.8, 4) is 5.40 Å². The second-order valence-electron chi connectivity index (χ2n) is 4.50. The second kappa shape index (κ2) is 12.4. The first-order valence-electron chi connectivity index (χ1n) is 6.72. The fourth-order valence-electron chi connectivity index (χ4n) is 1.91. The quantitative estimate of drug-likeness (QED) is 0.345. The molecule has 0 aliphatic heterocycles. The summed E-state index contributed by atoms with van der Waals surface area (Å²) in [7, 11) is 2.09. The molecule has 1 heterocycles. The average Bonchev–Trinajstić information content (AvgIpc) is 2.35. The van der Waals surface area contributed by atoms with E-state index in [1.807, 2.05) is 0 Å². The molecular weight excluding hydrogens is 240 g/mol. The smallest absolute Gasteiger partial charge is 0.171 e. The monoisotopic (exact) mass is 265 g/mol. The maximum Gasteiger partial charge on any atom is 0.171 e. The first-order chi connectivity index (χ1) is 8.74. The lowest BCUT2D eigenvalue weighted by Gasteiger charge is -2.00. The predicted molar refractivity (Wildman–Crippen MR) is 79.3 cm³/mol. The predicted octanol–water partition coefficient (Wildman–Crippen LogP) is 3.81. The maximum atomic E-state index is 7.18. The Labute approximate surface area is 117 Å². The molecule has 0 saturated heterocycles. The van der Waals surface area contributed by atoms with Crippen LogP contribution in [0.4, 0.5) is 0 Å². The van der Waals surface area contributed by atoms with Gasteiger partial charge in [0.15, 0.2) is 12.4 Å². The van der Waals surface area contributed by atoms with Gasteiger partial charge >= 0.3 is 0 Å². The summed E-state index contributed by atoms with van der Waals surface area (Å²) >= 11 is 3.09. The van der Waals surface area contributed by atoms with Crippen molar-refractivity contribution in [3.63, 3.8) is 0 Å². The van der Waals surface area contributed by atoms with Gasteiger partial charge in [-0.15, -0.1) is 0 Å². The van der Waals surface area contributed by atoms with Crippen LogP contribution in [0.5, 0.6) is 0 Å². The molecule has 0 amide bonds. The molecule has 0 unspecified atom stereocenters. The summed E-state index contributed by atoms with van der Waals surface area (Å²) in [4.78, 5) is 0. The minimum Gasteiger partial charge on any atom is -0.208 e. The first-order valence-corrected chi connectivity index (χ1v) is 7.16. The number of aromatic nitrogens is 1. The number of rotatable bonds is 7. The van der Waals surface area contributed by atoms with Crippen molar-refractivity contribution in [2.75, 3.05) is 0 Å². The van der Waals surface area contributed by atoms with Crippen LogP contribution < -0.4 is 4.57 Å². The number of pyridine rings is 1. The molecule has 100 valence electrons. The van der Waals surface area contributed by atoms with Crippen LogP contribution in [0.25, 0.3) is 0 Å². The van der Waals surface area contributed by atoms with Crippen LogP contribution in [0.15, 0.2) is 24.5 Å². The lowest BCUT2D eigenvalue weighted by molar-refractivity contribution is -0.671. The molecule has 1 rings (SSSR count). The third-order valence-corrected chi connectivity index (χ3v) is 2.82. The molecule has 18 heavy (non-hydrogen) atoms. The molecule has 0 fully saturated rings. The molecule has 0 aliphatic rings. The highest BCUT2D eigenvalue weighted by molar-refractivity contribution is 7.85. The molecule has 0 spiro atoms. The van der Waals surface area contributed by atoms with Crippen molar-refractivity contribution < 1.29 is 4.57 Å². The van der Waals surface area contributed by atoms with Crippen molar-refractivity contribution in [3.05, 3.63) is 30.1 Å². The zero-order valence-electron chi connectivity index (χ0n) is 11.6. The van der Waals surface area contributed by atoms with Gasteiger partial charge in [-0.3, -0.25) is 0 Å². The van der Waals surface area contributed by atoms with Crippen LogP contribution in [0.2, 0.25) is 0 Å². The van der Waals surface area contributed by atoms with Crippen LogP contribution in [0.1, 0.15) is 51.0 Å². The van der Waals surface area contributed by atoms with Crippen molar-refractivity contribution in [2.24, 2.45) is 7.05 Å². The summed E-state index contributed by atoms with van der Waals surface area (Å²) in [6.45, 7) is 2.27. The summed E-state index contributed by atoms with van der Waals surface area (Å²) in [6, 6.07) is 4.36. The van der Waals surface area contributed by atoms with E-state index in [1.54, 1.807) is 0 Å². The highest BCUT2D eigenvalue weighted by atomic mass is 32.1. The Morgan fingerprint density at radius 2 is 1.83 bits per heavy atom. The van der Waals surface area contributed by atoms with Crippen molar-refractivity contribution in [1.82, 2.24) is 0 Å². The maximum absolute atomic E-state index is 7.18. The number of nitriles is 1. The minimum absolute atomic E-state index is 1.24. The van der Waals surface area contributed by atoms with Gasteiger partial charge < -0.3 is 0 Å². The highest BCUT2D eigenvalue weighted by Crippen LogP contribution is 2.08. The van der Waals surface area contributed by atoms with E-state index in [4.69, 9.17) is 5.26 Å². The van der Waals surface area contributed by atoms with Crippen molar-refractivity contribution >= 4 is 12.6 Å². The van der Waals surface area contributed by atoms with E-state index in [0.717, 1.165) is 0 Å². The number of hydrogen-bond donors (Lipinski definition) is 1. The Morgan fingerprint density at radius 1 is 1.22 bits per heavy atom. The van der Waals surface area contributed by atoms with E-state index >= 15 is 0 Å². The molecule has 0 saturated carbocycles. The van der Waals surface area contributed by atoms with E-state index in [2.05, 4.69) is 55.7 Å². The van der Waals surface area contributed by atoms with Crippen LogP contribution >= 0.6 is 12.6 Å². The Kier molecular flexibility index (Phi) is 11.7. The SMILES string of the molecule is CCCCCCCCc1ccc[n+](C)c1.N#CS. The van der Waals surface area contributed by atoms with Gasteiger partial charge in [0.25, 0.3) is 0 Å². The van der Waals surface area contributed by atoms with E-state index < -0.39 is 0 Å². The van der Waals surface area contributed by atoms with Crippen molar-refractivity contribution in [1.29, 1.82) is 5.26 Å². The standard InChI is InChI=1S/C14H24N.CHNS/c1-3-4-5-6-7-8-10-14-11-9-12-15(2)13-14;2-1-3/h9,11-13H,3-8,10H2,1-2H3;3H/q+1;. The molecule has 2 nitrogen and oxygen atoms in total. The Morgan fingerprint density at radius 3 is 2.44 bits per heavy atom. The van der Waals surface area contributed by atoms with Gasteiger partial charge in [-0.1, -0.05) is 51.7 Å². The summed E-state index contributed by atoms with van der Waals surface area (Å²) in [6.07, 6.45) is 13.9. The first kappa shape index (κ1) is 17.0. The molecule has 0 aromatic carbocycles. The van der Waals surface area contributed by atoms with Crippen molar-refractivity contribution in [2.45, 2.75) is 51.9 Å². The molecule has 0 N–H and O–H groups in total. The van der Waals surface area contributed by atoms with Crippen LogP contribution in [0.3, 0.4) is 0 Å². The Bertz CT molecular complexity index is 345. The lowest BCUT2D eigenvalue weighted by atomic mass is 10.1. The summed E-state index contributed by atoms with van der Waals surface area (Å²) in [5.74, 6) is 0. The fourth-order valence-corrected chi connectivity index (χ4v) is 1.91. The molecule has 0 radical (unpaired) electrons. The topological polar surface area (TPSA) is 27.7 Å². The third-order valence-electron chi connectivity index (χ3n) is 2.82. The number of thiol groups is 1. The largest absolute Gasteiger partial charge is 0.208 e. The van der Waals surface area contributed by atoms with Gasteiger partial charge in [0.05, 0.1) is 0 Å². The van der Waals surface area contributed by atoms with Crippen LogP contribution in [-0.4, -0.2) is 0 Å². The zero-order chi connectivity index (χ0) is 13.6. The van der Waals surface area contributed by atoms with Gasteiger partial charge in [0.2, 0.25) is 0 Å². The number of unbranched alkanes of at least 4 members (excludes halogenated alkanes) is 5. The van der Waals surface area contributed by atoms with Gasteiger partial charge in [0.1, 0.15) is 12.4 Å². The van der Waals surface area contributed by atoms with E-state index in [9.17, 15) is 0 Å². The van der Waals surface area contributed by atoms with Gasteiger partial charge in [0, 0.05) is 11.6 Å². The van der Waals surface area contributed by atoms with Gasteiger partial charge in [-0.25, -0.2) is 4.57 Å². The van der Waals surface area contributed by atoms with Crippen LogP contribution in [0, 0.1) is 10.7 Å². The van der Waals surface area contributed by atoms with Crippen LogP contribution in [-0.2, 0) is 13.5 Å². The molecule has 1 aromatic rings. The average molecular weight is 265 g/mol. The van der Waals surface area contributed by atoms with Gasteiger partial charge in [-0.05, 0) is 18.9 Å². The van der Waals surface area contributed by atoms with E-state index in [1.165, 1.54) is 55.9 Å². The lowest BCUT2D eigenvalue weighted by Crippen LogP contribution is -2.26. The number of aryl methyl sites for hydroxylation is 2. The Balaban J connectivity index is 0.000000873. The summed E-state index contributed by atoms with van der Waals surface area (Å²) in [5.41, 5.74) is 1.47.